The molecule has 76 valence electrons. The zero-order chi connectivity index (χ0) is 10.0. The molecular formula is C11H16N2O. The predicted molar refractivity (Wildman–Crippen MR) is 54.8 cm³/mol. The molecule has 3 nitrogen and oxygen atoms in total. The Hall–Kier alpha value is -0.930. The third-order valence-corrected chi connectivity index (χ3v) is 2.95. The lowest BCUT2D eigenvalue weighted by molar-refractivity contribution is -0.00181. The molecule has 2 heterocycles. The molecule has 2 N–H and O–H groups in total. The van der Waals surface area contributed by atoms with Crippen LogP contribution >= 0.6 is 0 Å². The molecule has 2 atom stereocenters. The van der Waals surface area contributed by atoms with Gasteiger partial charge in [-0.25, -0.2) is 0 Å². The molecule has 0 spiro atoms. The highest BCUT2D eigenvalue weighted by molar-refractivity contribution is 5.17. The van der Waals surface area contributed by atoms with Gasteiger partial charge in [0.25, 0.3) is 0 Å². The lowest BCUT2D eigenvalue weighted by atomic mass is 9.89. The minimum Gasteiger partial charge on any atom is -0.373 e. The summed E-state index contributed by atoms with van der Waals surface area (Å²) >= 11 is 0. The Morgan fingerprint density at radius 2 is 2.50 bits per heavy atom. The van der Waals surface area contributed by atoms with Crippen LogP contribution < -0.4 is 5.73 Å². The topological polar surface area (TPSA) is 48.1 Å². The molecule has 1 aliphatic heterocycles. The summed E-state index contributed by atoms with van der Waals surface area (Å²) in [5.41, 5.74) is 7.02. The first-order chi connectivity index (χ1) is 6.72. The number of hydrogen-bond acceptors (Lipinski definition) is 3. The Bertz CT molecular complexity index is 293. The van der Waals surface area contributed by atoms with Crippen molar-refractivity contribution in [2.45, 2.75) is 31.4 Å². The highest BCUT2D eigenvalue weighted by atomic mass is 16.5. The van der Waals surface area contributed by atoms with Crippen molar-refractivity contribution in [1.82, 2.24) is 4.98 Å². The largest absolute Gasteiger partial charge is 0.373 e. The fourth-order valence-corrected chi connectivity index (χ4v) is 1.96. The van der Waals surface area contributed by atoms with E-state index < -0.39 is 0 Å². The van der Waals surface area contributed by atoms with Gasteiger partial charge in [0.1, 0.15) is 0 Å². The van der Waals surface area contributed by atoms with Gasteiger partial charge in [-0.15, -0.1) is 0 Å². The van der Waals surface area contributed by atoms with E-state index in [1.165, 1.54) is 0 Å². The molecule has 2 rings (SSSR count). The molecule has 3 heteroatoms. The van der Waals surface area contributed by atoms with E-state index in [4.69, 9.17) is 10.5 Å². The molecule has 1 fully saturated rings. The number of rotatable bonds is 2. The Morgan fingerprint density at radius 1 is 1.64 bits per heavy atom. The van der Waals surface area contributed by atoms with E-state index in [1.54, 1.807) is 6.20 Å². The molecule has 14 heavy (non-hydrogen) atoms. The van der Waals surface area contributed by atoms with Crippen molar-refractivity contribution in [3.05, 3.63) is 30.1 Å². The van der Waals surface area contributed by atoms with E-state index in [1.807, 2.05) is 18.3 Å². The van der Waals surface area contributed by atoms with E-state index >= 15 is 0 Å². The summed E-state index contributed by atoms with van der Waals surface area (Å²) in [6.07, 6.45) is 5.71. The summed E-state index contributed by atoms with van der Waals surface area (Å²) in [4.78, 5) is 4.07. The van der Waals surface area contributed by atoms with Crippen molar-refractivity contribution in [2.75, 3.05) is 6.61 Å². The van der Waals surface area contributed by atoms with Crippen LogP contribution in [0.15, 0.2) is 24.5 Å². The Balaban J connectivity index is 2.19. The van der Waals surface area contributed by atoms with Gasteiger partial charge in [0.2, 0.25) is 0 Å². The summed E-state index contributed by atoms with van der Waals surface area (Å²) in [6, 6.07) is 3.84. The van der Waals surface area contributed by atoms with Crippen molar-refractivity contribution in [2.24, 2.45) is 5.73 Å². The van der Waals surface area contributed by atoms with Crippen LogP contribution in [-0.4, -0.2) is 17.2 Å². The van der Waals surface area contributed by atoms with Crippen LogP contribution in [0, 0.1) is 0 Å². The molecule has 1 saturated heterocycles. The van der Waals surface area contributed by atoms with E-state index in [-0.39, 0.29) is 11.6 Å². The number of nitrogens with zero attached hydrogens (tertiary/aromatic N) is 1. The first-order valence-corrected chi connectivity index (χ1v) is 5.02. The fraction of sp³-hybridized carbons (Fsp3) is 0.545. The van der Waals surface area contributed by atoms with Gasteiger partial charge in [0.05, 0.1) is 11.6 Å². The van der Waals surface area contributed by atoms with Gasteiger partial charge < -0.3 is 10.5 Å². The van der Waals surface area contributed by atoms with Crippen molar-refractivity contribution in [3.8, 4) is 0 Å². The van der Waals surface area contributed by atoms with E-state index in [9.17, 15) is 0 Å². The normalized spacial score (nSPS) is 29.0. The molecular weight excluding hydrogens is 176 g/mol. The molecule has 1 aliphatic rings. The minimum atomic E-state index is -0.205. The van der Waals surface area contributed by atoms with E-state index in [0.29, 0.717) is 0 Å². The van der Waals surface area contributed by atoms with Crippen molar-refractivity contribution in [3.63, 3.8) is 0 Å². The predicted octanol–water partition coefficient (Wildman–Crippen LogP) is 1.65. The molecule has 0 amide bonds. The maximum Gasteiger partial charge on any atom is 0.0847 e. The van der Waals surface area contributed by atoms with Crippen LogP contribution in [0.3, 0.4) is 0 Å². The monoisotopic (exact) mass is 192 g/mol. The van der Waals surface area contributed by atoms with Gasteiger partial charge in [-0.3, -0.25) is 4.98 Å². The minimum absolute atomic E-state index is 0.0706. The first-order valence-electron chi connectivity index (χ1n) is 5.02. The smallest absolute Gasteiger partial charge is 0.0847 e. The molecule has 1 aromatic heterocycles. The maximum absolute atomic E-state index is 6.17. The number of aromatic nitrogens is 1. The van der Waals surface area contributed by atoms with Crippen LogP contribution in [0.2, 0.25) is 0 Å². The van der Waals surface area contributed by atoms with E-state index in [0.717, 1.165) is 25.0 Å². The van der Waals surface area contributed by atoms with Crippen LogP contribution in [0.4, 0.5) is 0 Å². The Kier molecular flexibility index (Phi) is 2.52. The Morgan fingerprint density at radius 3 is 3.07 bits per heavy atom. The fourth-order valence-electron chi connectivity index (χ4n) is 1.96. The summed E-state index contributed by atoms with van der Waals surface area (Å²) < 4.78 is 5.70. The average Bonchev–Trinajstić information content (AvgIpc) is 2.67. The van der Waals surface area contributed by atoms with Gasteiger partial charge in [0, 0.05) is 19.0 Å². The van der Waals surface area contributed by atoms with Crippen LogP contribution in [0.1, 0.15) is 31.4 Å². The van der Waals surface area contributed by atoms with Crippen LogP contribution in [0.5, 0.6) is 0 Å². The van der Waals surface area contributed by atoms with Crippen molar-refractivity contribution in [1.29, 1.82) is 0 Å². The number of ether oxygens (including phenoxy) is 1. The highest BCUT2D eigenvalue weighted by Gasteiger charge is 2.36. The molecule has 0 saturated carbocycles. The van der Waals surface area contributed by atoms with Gasteiger partial charge in [-0.2, -0.15) is 0 Å². The third kappa shape index (κ3) is 1.65. The molecule has 2 unspecified atom stereocenters. The van der Waals surface area contributed by atoms with Crippen molar-refractivity contribution >= 4 is 0 Å². The second-order valence-corrected chi connectivity index (χ2v) is 4.03. The zero-order valence-electron chi connectivity index (χ0n) is 8.44. The van der Waals surface area contributed by atoms with Gasteiger partial charge in [-0.1, -0.05) is 6.07 Å². The average molecular weight is 192 g/mol. The van der Waals surface area contributed by atoms with Crippen molar-refractivity contribution < 1.29 is 4.74 Å². The van der Waals surface area contributed by atoms with Gasteiger partial charge in [0.15, 0.2) is 0 Å². The maximum atomic E-state index is 6.17. The Labute approximate surface area is 84.3 Å². The standard InChI is InChI=1S/C11H16N2O/c1-11(5-3-7-14-11)10(12)9-4-2-6-13-8-9/h2,4,6,8,10H,3,5,7,12H2,1H3. The molecule has 0 bridgehead atoms. The second-order valence-electron chi connectivity index (χ2n) is 4.03. The summed E-state index contributed by atoms with van der Waals surface area (Å²) in [6.45, 7) is 2.90. The lowest BCUT2D eigenvalue weighted by Gasteiger charge is -2.30. The van der Waals surface area contributed by atoms with Crippen LogP contribution in [0.25, 0.3) is 0 Å². The highest BCUT2D eigenvalue weighted by Crippen LogP contribution is 2.35. The quantitative estimate of drug-likeness (QED) is 0.775. The summed E-state index contributed by atoms with van der Waals surface area (Å²) in [5, 5.41) is 0. The number of hydrogen-bond donors (Lipinski definition) is 1. The summed E-state index contributed by atoms with van der Waals surface area (Å²) in [5.74, 6) is 0. The molecule has 0 radical (unpaired) electrons. The zero-order valence-corrected chi connectivity index (χ0v) is 8.44. The van der Waals surface area contributed by atoms with Gasteiger partial charge in [-0.05, 0) is 31.4 Å². The van der Waals surface area contributed by atoms with E-state index in [2.05, 4.69) is 11.9 Å². The first kappa shape index (κ1) is 9.62. The number of pyridine rings is 1. The number of nitrogens with two attached hydrogens (primary N) is 1. The summed E-state index contributed by atoms with van der Waals surface area (Å²) in [7, 11) is 0. The van der Waals surface area contributed by atoms with Gasteiger partial charge >= 0.3 is 0 Å². The van der Waals surface area contributed by atoms with Crippen LogP contribution in [-0.2, 0) is 4.74 Å². The molecule has 0 aromatic carbocycles. The second kappa shape index (κ2) is 3.67. The SMILES string of the molecule is CC1(C(N)c2cccnc2)CCCO1. The molecule has 0 aliphatic carbocycles. The molecule has 1 aromatic rings. The third-order valence-electron chi connectivity index (χ3n) is 2.95. The lowest BCUT2D eigenvalue weighted by Crippen LogP contribution is -2.37.